The maximum Gasteiger partial charge on any atom is 0.221 e. The molecule has 0 bridgehead atoms. The molecule has 3 rings (SSSR count). The molecule has 2 aromatic rings. The van der Waals surface area contributed by atoms with E-state index in [-0.39, 0.29) is 5.91 Å². The van der Waals surface area contributed by atoms with Crippen LogP contribution in [0.15, 0.2) is 42.7 Å². The van der Waals surface area contributed by atoms with E-state index in [0.29, 0.717) is 19.5 Å². The molecule has 0 saturated heterocycles. The maximum absolute atomic E-state index is 11.8. The third kappa shape index (κ3) is 3.95. The van der Waals surface area contributed by atoms with Crippen molar-refractivity contribution in [1.29, 1.82) is 0 Å². The van der Waals surface area contributed by atoms with Crippen LogP contribution >= 0.6 is 0 Å². The predicted molar refractivity (Wildman–Crippen MR) is 85.3 cm³/mol. The van der Waals surface area contributed by atoms with Crippen LogP contribution in [0, 0.1) is 0 Å². The second kappa shape index (κ2) is 7.22. The van der Waals surface area contributed by atoms with Crippen molar-refractivity contribution in [3.63, 3.8) is 0 Å². The molecule has 1 aliphatic heterocycles. The third-order valence-electron chi connectivity index (χ3n) is 4.09. The van der Waals surface area contributed by atoms with Gasteiger partial charge >= 0.3 is 0 Å². The molecule has 2 heterocycles. The molecule has 1 amide bonds. The Morgan fingerprint density at radius 3 is 2.86 bits per heavy atom. The van der Waals surface area contributed by atoms with Gasteiger partial charge in [0.1, 0.15) is 0 Å². The summed E-state index contributed by atoms with van der Waals surface area (Å²) in [5, 5.41) is 7.09. The normalized spacial score (nSPS) is 14.5. The summed E-state index contributed by atoms with van der Waals surface area (Å²) >= 11 is 0. The summed E-state index contributed by atoms with van der Waals surface area (Å²) in [7, 11) is 0. The van der Waals surface area contributed by atoms with Crippen LogP contribution in [0.1, 0.15) is 17.5 Å². The fourth-order valence-corrected chi connectivity index (χ4v) is 2.84. The van der Waals surface area contributed by atoms with Crippen LogP contribution in [0.4, 0.5) is 0 Å². The lowest BCUT2D eigenvalue weighted by Crippen LogP contribution is -2.38. The van der Waals surface area contributed by atoms with E-state index in [1.54, 1.807) is 10.9 Å². The van der Waals surface area contributed by atoms with Crippen LogP contribution in [0.25, 0.3) is 0 Å². The largest absolute Gasteiger partial charge is 0.355 e. The zero-order valence-corrected chi connectivity index (χ0v) is 12.7. The molecule has 1 aliphatic rings. The van der Waals surface area contributed by atoms with Crippen molar-refractivity contribution in [2.24, 2.45) is 0 Å². The molecule has 0 atom stereocenters. The molecule has 0 radical (unpaired) electrons. The predicted octanol–water partition coefficient (Wildman–Crippen LogP) is 1.45. The first-order chi connectivity index (χ1) is 10.8. The summed E-state index contributed by atoms with van der Waals surface area (Å²) in [6.07, 6.45) is 5.18. The molecule has 1 N–H and O–H groups in total. The summed E-state index contributed by atoms with van der Waals surface area (Å²) in [5.41, 5.74) is 2.88. The first-order valence-corrected chi connectivity index (χ1v) is 7.84. The van der Waals surface area contributed by atoms with Gasteiger partial charge in [0.25, 0.3) is 0 Å². The number of hydrogen-bond acceptors (Lipinski definition) is 3. The zero-order valence-electron chi connectivity index (χ0n) is 12.7. The number of aryl methyl sites for hydroxylation is 1. The molecular weight excluding hydrogens is 276 g/mol. The van der Waals surface area contributed by atoms with E-state index in [0.717, 1.165) is 26.1 Å². The molecule has 22 heavy (non-hydrogen) atoms. The Morgan fingerprint density at radius 2 is 2.05 bits per heavy atom. The average Bonchev–Trinajstić information content (AvgIpc) is 3.06. The van der Waals surface area contributed by atoms with Crippen LogP contribution in [0.5, 0.6) is 0 Å². The number of nitrogens with one attached hydrogen (secondary N) is 1. The standard InChI is InChI=1S/C17H22N4O/c22-17(7-12-21-10-3-8-19-21)18-9-13-20-11-6-15-4-1-2-5-16(15)14-20/h1-5,8,10H,6-7,9,11-14H2,(H,18,22). The fraction of sp³-hybridized carbons (Fsp3) is 0.412. The number of carbonyl (C=O) groups excluding carboxylic acids is 1. The molecule has 0 unspecified atom stereocenters. The molecular formula is C17H22N4O. The molecule has 5 heteroatoms. The van der Waals surface area contributed by atoms with E-state index in [9.17, 15) is 4.79 Å². The van der Waals surface area contributed by atoms with E-state index in [4.69, 9.17) is 0 Å². The summed E-state index contributed by atoms with van der Waals surface area (Å²) in [6, 6.07) is 10.5. The van der Waals surface area contributed by atoms with Crippen molar-refractivity contribution in [1.82, 2.24) is 20.0 Å². The summed E-state index contributed by atoms with van der Waals surface area (Å²) in [5.74, 6) is 0.0907. The number of nitrogens with zero attached hydrogens (tertiary/aromatic N) is 3. The molecule has 1 aromatic carbocycles. The minimum atomic E-state index is 0.0907. The van der Waals surface area contributed by atoms with Gasteiger partial charge in [-0.25, -0.2) is 0 Å². The number of benzene rings is 1. The summed E-state index contributed by atoms with van der Waals surface area (Å²) in [6.45, 7) is 4.30. The second-order valence-electron chi connectivity index (χ2n) is 5.66. The summed E-state index contributed by atoms with van der Waals surface area (Å²) in [4.78, 5) is 14.2. The van der Waals surface area contributed by atoms with Crippen molar-refractivity contribution in [2.75, 3.05) is 19.6 Å². The monoisotopic (exact) mass is 298 g/mol. The van der Waals surface area contributed by atoms with Crippen LogP contribution < -0.4 is 5.32 Å². The lowest BCUT2D eigenvalue weighted by molar-refractivity contribution is -0.121. The number of amides is 1. The van der Waals surface area contributed by atoms with E-state index in [2.05, 4.69) is 39.6 Å². The van der Waals surface area contributed by atoms with Crippen molar-refractivity contribution in [2.45, 2.75) is 25.9 Å². The molecule has 0 fully saturated rings. The number of carbonyl (C=O) groups is 1. The molecule has 0 aliphatic carbocycles. The van der Waals surface area contributed by atoms with Crippen LogP contribution in [0.3, 0.4) is 0 Å². The van der Waals surface area contributed by atoms with Crippen molar-refractivity contribution in [3.05, 3.63) is 53.9 Å². The Bertz CT molecular complexity index is 609. The van der Waals surface area contributed by atoms with Crippen LogP contribution in [0.2, 0.25) is 0 Å². The van der Waals surface area contributed by atoms with Gasteiger partial charge < -0.3 is 5.32 Å². The van der Waals surface area contributed by atoms with Crippen molar-refractivity contribution in [3.8, 4) is 0 Å². The van der Waals surface area contributed by atoms with Gasteiger partial charge in [-0.15, -0.1) is 0 Å². The van der Waals surface area contributed by atoms with Gasteiger partial charge in [0.2, 0.25) is 5.91 Å². The van der Waals surface area contributed by atoms with E-state index >= 15 is 0 Å². The highest BCUT2D eigenvalue weighted by Crippen LogP contribution is 2.17. The topological polar surface area (TPSA) is 50.2 Å². The van der Waals surface area contributed by atoms with Crippen LogP contribution in [-0.4, -0.2) is 40.2 Å². The van der Waals surface area contributed by atoms with Gasteiger partial charge in [0.15, 0.2) is 0 Å². The molecule has 5 nitrogen and oxygen atoms in total. The number of aromatic nitrogens is 2. The number of hydrogen-bond donors (Lipinski definition) is 1. The molecule has 0 spiro atoms. The van der Waals surface area contributed by atoms with Gasteiger partial charge in [-0.05, 0) is 23.6 Å². The Hall–Kier alpha value is -2.14. The molecule has 1 aromatic heterocycles. The van der Waals surface area contributed by atoms with Crippen molar-refractivity contribution >= 4 is 5.91 Å². The highest BCUT2D eigenvalue weighted by atomic mass is 16.1. The van der Waals surface area contributed by atoms with Gasteiger partial charge in [-0.3, -0.25) is 14.4 Å². The first-order valence-electron chi connectivity index (χ1n) is 7.84. The van der Waals surface area contributed by atoms with Crippen molar-refractivity contribution < 1.29 is 4.79 Å². The first kappa shape index (κ1) is 14.8. The quantitative estimate of drug-likeness (QED) is 0.878. The minimum Gasteiger partial charge on any atom is -0.355 e. The Balaban J connectivity index is 1.36. The second-order valence-corrected chi connectivity index (χ2v) is 5.66. The van der Waals surface area contributed by atoms with E-state index in [1.807, 2.05) is 12.3 Å². The Morgan fingerprint density at radius 1 is 1.18 bits per heavy atom. The third-order valence-corrected chi connectivity index (χ3v) is 4.09. The number of fused-ring (bicyclic) bond motifs is 1. The van der Waals surface area contributed by atoms with Gasteiger partial charge in [-0.1, -0.05) is 24.3 Å². The number of rotatable bonds is 6. The smallest absolute Gasteiger partial charge is 0.221 e. The highest BCUT2D eigenvalue weighted by Gasteiger charge is 2.15. The minimum absolute atomic E-state index is 0.0907. The lowest BCUT2D eigenvalue weighted by atomic mass is 10.00. The molecule has 0 saturated carbocycles. The Labute approximate surface area is 130 Å². The van der Waals surface area contributed by atoms with E-state index in [1.165, 1.54) is 11.1 Å². The Kier molecular flexibility index (Phi) is 4.85. The van der Waals surface area contributed by atoms with Crippen LogP contribution in [-0.2, 0) is 24.3 Å². The highest BCUT2D eigenvalue weighted by molar-refractivity contribution is 5.75. The summed E-state index contributed by atoms with van der Waals surface area (Å²) < 4.78 is 1.78. The lowest BCUT2D eigenvalue weighted by Gasteiger charge is -2.28. The molecule has 116 valence electrons. The SMILES string of the molecule is O=C(CCn1cccn1)NCCN1CCc2ccccc2C1. The maximum atomic E-state index is 11.8. The average molecular weight is 298 g/mol. The van der Waals surface area contributed by atoms with Gasteiger partial charge in [0.05, 0.1) is 0 Å². The van der Waals surface area contributed by atoms with Gasteiger partial charge in [-0.2, -0.15) is 5.10 Å². The zero-order chi connectivity index (χ0) is 15.2. The van der Waals surface area contributed by atoms with Gasteiger partial charge in [0, 0.05) is 51.5 Å². The van der Waals surface area contributed by atoms with E-state index < -0.39 is 0 Å². The fourth-order valence-electron chi connectivity index (χ4n) is 2.84.